The van der Waals surface area contributed by atoms with Gasteiger partial charge in [-0.3, -0.25) is 9.78 Å². The highest BCUT2D eigenvalue weighted by molar-refractivity contribution is 8.03. The number of hydrazone groups is 1. The average Bonchev–Trinajstić information content (AvgIpc) is 3.15. The van der Waals surface area contributed by atoms with E-state index in [4.69, 9.17) is 11.6 Å². The second-order valence-electron chi connectivity index (χ2n) is 5.09. The van der Waals surface area contributed by atoms with Gasteiger partial charge >= 0.3 is 0 Å². The van der Waals surface area contributed by atoms with E-state index in [2.05, 4.69) is 25.7 Å². The van der Waals surface area contributed by atoms with E-state index in [1.807, 2.05) is 36.4 Å². The Morgan fingerprint density at radius 1 is 1.15 bits per heavy atom. The van der Waals surface area contributed by atoms with Gasteiger partial charge in [0, 0.05) is 17.0 Å². The Morgan fingerprint density at radius 3 is 2.67 bits per heavy atom. The molecule has 0 fully saturated rings. The van der Waals surface area contributed by atoms with Crippen LogP contribution in [0.4, 0.5) is 0 Å². The van der Waals surface area contributed by atoms with E-state index in [1.54, 1.807) is 24.0 Å². The van der Waals surface area contributed by atoms with Crippen LogP contribution in [0.25, 0.3) is 0 Å². The first-order chi connectivity index (χ1) is 13.2. The molecular weight excluding hydrogens is 422 g/mol. The molecule has 0 saturated carbocycles. The van der Waals surface area contributed by atoms with Gasteiger partial charge in [-0.2, -0.15) is 5.10 Å². The van der Waals surface area contributed by atoms with Crippen LogP contribution < -0.4 is 5.43 Å². The highest BCUT2D eigenvalue weighted by atomic mass is 35.5. The van der Waals surface area contributed by atoms with E-state index < -0.39 is 0 Å². The summed E-state index contributed by atoms with van der Waals surface area (Å²) in [5, 5.41) is 12.9. The van der Waals surface area contributed by atoms with Gasteiger partial charge < -0.3 is 0 Å². The van der Waals surface area contributed by atoms with Crippen LogP contribution in [0.15, 0.2) is 62.4 Å². The number of amides is 1. The van der Waals surface area contributed by atoms with Gasteiger partial charge in [-0.1, -0.05) is 64.7 Å². The van der Waals surface area contributed by atoms with Crippen molar-refractivity contribution in [1.82, 2.24) is 20.6 Å². The summed E-state index contributed by atoms with van der Waals surface area (Å²) in [4.78, 5) is 15.9. The average molecular weight is 436 g/mol. The Balaban J connectivity index is 1.40. The van der Waals surface area contributed by atoms with E-state index in [0.717, 1.165) is 19.5 Å². The molecule has 0 spiro atoms. The van der Waals surface area contributed by atoms with Crippen molar-refractivity contribution in [3.63, 3.8) is 0 Å². The fourth-order valence-corrected chi connectivity index (χ4v) is 4.72. The molecule has 0 aliphatic carbocycles. The smallest absolute Gasteiger partial charge is 0.250 e. The van der Waals surface area contributed by atoms with Crippen molar-refractivity contribution in [2.75, 3.05) is 5.75 Å². The SMILES string of the molecule is O=C(CSc1nnc(SCc2ccc(Cl)cc2)s1)N/N=C\c1ccccn1. The van der Waals surface area contributed by atoms with Crippen molar-refractivity contribution in [2.24, 2.45) is 5.10 Å². The minimum Gasteiger partial charge on any atom is -0.272 e. The third kappa shape index (κ3) is 6.94. The number of pyridine rings is 1. The predicted molar refractivity (Wildman–Crippen MR) is 112 cm³/mol. The molecule has 0 bridgehead atoms. The van der Waals surface area contributed by atoms with Gasteiger partial charge in [0.25, 0.3) is 5.91 Å². The number of hydrogen-bond donors (Lipinski definition) is 1. The van der Waals surface area contributed by atoms with Crippen LogP contribution in [0.1, 0.15) is 11.3 Å². The number of benzene rings is 1. The maximum Gasteiger partial charge on any atom is 0.250 e. The van der Waals surface area contributed by atoms with Crippen LogP contribution in [-0.2, 0) is 10.5 Å². The molecule has 3 rings (SSSR count). The number of aromatic nitrogens is 3. The molecule has 2 heterocycles. The molecule has 0 radical (unpaired) electrons. The summed E-state index contributed by atoms with van der Waals surface area (Å²) in [5.74, 6) is 0.799. The van der Waals surface area contributed by atoms with Gasteiger partial charge in [-0.05, 0) is 29.8 Å². The predicted octanol–water partition coefficient (Wildman–Crippen LogP) is 4.12. The summed E-state index contributed by atoms with van der Waals surface area (Å²) in [5.41, 5.74) is 4.31. The molecule has 0 atom stereocenters. The molecule has 0 aliphatic rings. The lowest BCUT2D eigenvalue weighted by molar-refractivity contribution is -0.118. The number of carbonyl (C=O) groups excluding carboxylic acids is 1. The van der Waals surface area contributed by atoms with E-state index >= 15 is 0 Å². The van der Waals surface area contributed by atoms with Crippen molar-refractivity contribution >= 4 is 58.6 Å². The van der Waals surface area contributed by atoms with E-state index in [0.29, 0.717) is 5.69 Å². The van der Waals surface area contributed by atoms with Gasteiger partial charge in [0.05, 0.1) is 17.7 Å². The van der Waals surface area contributed by atoms with E-state index in [9.17, 15) is 4.79 Å². The fraction of sp³-hybridized carbons (Fsp3) is 0.118. The molecule has 10 heteroatoms. The van der Waals surface area contributed by atoms with E-state index in [1.165, 1.54) is 34.9 Å². The van der Waals surface area contributed by atoms with Crippen LogP contribution in [-0.4, -0.2) is 33.1 Å². The Labute approximate surface area is 173 Å². The van der Waals surface area contributed by atoms with Crippen LogP contribution >= 0.6 is 46.5 Å². The minimum absolute atomic E-state index is 0.210. The van der Waals surface area contributed by atoms with Gasteiger partial charge in [0.1, 0.15) is 0 Å². The summed E-state index contributed by atoms with van der Waals surface area (Å²) in [7, 11) is 0. The largest absolute Gasteiger partial charge is 0.272 e. The number of rotatable bonds is 8. The van der Waals surface area contributed by atoms with Crippen molar-refractivity contribution in [2.45, 2.75) is 14.4 Å². The maximum absolute atomic E-state index is 11.8. The number of halogens is 1. The molecule has 1 N–H and O–H groups in total. The molecule has 1 aromatic carbocycles. The first-order valence-corrected chi connectivity index (χ1v) is 10.9. The summed E-state index contributed by atoms with van der Waals surface area (Å²) < 4.78 is 1.61. The number of hydrogen-bond acceptors (Lipinski definition) is 8. The molecular formula is C17H14ClN5OS3. The molecule has 0 aliphatic heterocycles. The second-order valence-corrected chi connectivity index (χ2v) is 8.94. The highest BCUT2D eigenvalue weighted by Gasteiger charge is 2.08. The number of carbonyl (C=O) groups is 1. The first-order valence-electron chi connectivity index (χ1n) is 7.75. The van der Waals surface area contributed by atoms with Crippen LogP contribution in [0, 0.1) is 0 Å². The maximum atomic E-state index is 11.8. The van der Waals surface area contributed by atoms with Crippen LogP contribution in [0.3, 0.4) is 0 Å². The summed E-state index contributed by atoms with van der Waals surface area (Å²) >= 11 is 10.3. The lowest BCUT2D eigenvalue weighted by atomic mass is 10.2. The minimum atomic E-state index is -0.210. The number of thioether (sulfide) groups is 2. The van der Waals surface area contributed by atoms with Gasteiger partial charge in [0.2, 0.25) is 0 Å². The third-order valence-corrected chi connectivity index (χ3v) is 6.58. The topological polar surface area (TPSA) is 80.1 Å². The zero-order valence-corrected chi connectivity index (χ0v) is 17.1. The standard InChI is InChI=1S/C17H14ClN5OS3/c18-13-6-4-12(5-7-13)10-25-16-22-23-17(27-16)26-11-15(24)21-20-9-14-3-1-2-8-19-14/h1-9H,10-11H2,(H,21,24)/b20-9-. The van der Waals surface area contributed by atoms with Crippen molar-refractivity contribution in [1.29, 1.82) is 0 Å². The van der Waals surface area contributed by atoms with Crippen LogP contribution in [0.5, 0.6) is 0 Å². The normalized spacial score (nSPS) is 11.0. The lowest BCUT2D eigenvalue weighted by Crippen LogP contribution is -2.19. The monoisotopic (exact) mass is 435 g/mol. The van der Waals surface area contributed by atoms with Gasteiger partial charge in [0.15, 0.2) is 8.68 Å². The highest BCUT2D eigenvalue weighted by Crippen LogP contribution is 2.30. The number of nitrogens with zero attached hydrogens (tertiary/aromatic N) is 4. The Bertz CT molecular complexity index is 902. The zero-order valence-electron chi connectivity index (χ0n) is 13.9. The third-order valence-electron chi connectivity index (χ3n) is 3.06. The molecule has 138 valence electrons. The van der Waals surface area contributed by atoms with Crippen LogP contribution in [0.2, 0.25) is 5.02 Å². The fourth-order valence-electron chi connectivity index (χ4n) is 1.82. The van der Waals surface area contributed by atoms with E-state index in [-0.39, 0.29) is 11.7 Å². The van der Waals surface area contributed by atoms with Crippen molar-refractivity contribution < 1.29 is 4.79 Å². The zero-order chi connectivity index (χ0) is 18.9. The molecule has 0 unspecified atom stereocenters. The Hall–Kier alpha value is -1.94. The second kappa shape index (κ2) is 10.4. The summed E-state index contributed by atoms with van der Waals surface area (Å²) in [6.07, 6.45) is 3.16. The summed E-state index contributed by atoms with van der Waals surface area (Å²) in [6.45, 7) is 0. The number of nitrogens with one attached hydrogen (secondary N) is 1. The van der Waals surface area contributed by atoms with Crippen molar-refractivity contribution in [3.8, 4) is 0 Å². The van der Waals surface area contributed by atoms with Gasteiger partial charge in [-0.25, -0.2) is 5.43 Å². The molecule has 2 aromatic heterocycles. The molecule has 27 heavy (non-hydrogen) atoms. The molecule has 6 nitrogen and oxygen atoms in total. The Morgan fingerprint density at radius 2 is 1.93 bits per heavy atom. The lowest BCUT2D eigenvalue weighted by Gasteiger charge is -1.98. The Kier molecular flexibility index (Phi) is 7.64. The summed E-state index contributed by atoms with van der Waals surface area (Å²) in [6, 6.07) is 13.2. The van der Waals surface area contributed by atoms with Gasteiger partial charge in [-0.15, -0.1) is 10.2 Å². The quantitative estimate of drug-likeness (QED) is 0.325. The first kappa shape index (κ1) is 19.8. The molecule has 0 saturated heterocycles. The molecule has 3 aromatic rings. The molecule has 1 amide bonds. The van der Waals surface area contributed by atoms with Crippen molar-refractivity contribution in [3.05, 3.63) is 64.9 Å².